The van der Waals surface area contributed by atoms with Gasteiger partial charge in [-0.25, -0.2) is 5.84 Å². The normalized spacial score (nSPS) is 12.1. The fraction of sp³-hybridized carbons (Fsp3) is 0.769. The lowest BCUT2D eigenvalue weighted by Crippen LogP contribution is -2.29. The van der Waals surface area contributed by atoms with E-state index in [0.717, 1.165) is 26.1 Å². The molecule has 0 aliphatic rings. The number of anilines is 3. The van der Waals surface area contributed by atoms with E-state index in [2.05, 4.69) is 53.0 Å². The lowest BCUT2D eigenvalue weighted by molar-refractivity contribution is 0.554. The van der Waals surface area contributed by atoms with E-state index < -0.39 is 0 Å². The number of nitrogens with two attached hydrogens (primary N) is 1. The Morgan fingerprint density at radius 1 is 1.10 bits per heavy atom. The molecule has 0 radical (unpaired) electrons. The highest BCUT2D eigenvalue weighted by molar-refractivity contribution is 5.44. The predicted molar refractivity (Wildman–Crippen MR) is 83.9 cm³/mol. The van der Waals surface area contributed by atoms with Crippen LogP contribution in [-0.4, -0.2) is 41.6 Å². The van der Waals surface area contributed by atoms with Crippen molar-refractivity contribution in [3.8, 4) is 0 Å². The highest BCUT2D eigenvalue weighted by Gasteiger charge is 2.14. The molecule has 0 aliphatic carbocycles. The molecule has 1 aromatic heterocycles. The van der Waals surface area contributed by atoms with Crippen LogP contribution in [0.3, 0.4) is 0 Å². The number of aromatic nitrogens is 3. The van der Waals surface area contributed by atoms with Crippen LogP contribution in [0.15, 0.2) is 0 Å². The fourth-order valence-corrected chi connectivity index (χ4v) is 1.92. The van der Waals surface area contributed by atoms with Gasteiger partial charge in [-0.05, 0) is 19.8 Å². The van der Waals surface area contributed by atoms with E-state index in [4.69, 9.17) is 5.84 Å². The molecule has 20 heavy (non-hydrogen) atoms. The summed E-state index contributed by atoms with van der Waals surface area (Å²) < 4.78 is 0. The lowest BCUT2D eigenvalue weighted by Gasteiger charge is -2.24. The Morgan fingerprint density at radius 3 is 2.20 bits per heavy atom. The molecule has 114 valence electrons. The third-order valence-corrected chi connectivity index (χ3v) is 3.41. The molecule has 7 heteroatoms. The molecule has 0 saturated heterocycles. The van der Waals surface area contributed by atoms with E-state index >= 15 is 0 Å². The van der Waals surface area contributed by atoms with Crippen molar-refractivity contribution in [2.75, 3.05) is 41.9 Å². The van der Waals surface area contributed by atoms with E-state index in [0.29, 0.717) is 23.8 Å². The van der Waals surface area contributed by atoms with Crippen LogP contribution in [0.1, 0.15) is 34.1 Å². The minimum atomic E-state index is 0.396. The number of hydrogen-bond acceptors (Lipinski definition) is 7. The minimum Gasteiger partial charge on any atom is -0.343 e. The molecule has 1 atom stereocenters. The summed E-state index contributed by atoms with van der Waals surface area (Å²) in [5.74, 6) is 7.75. The van der Waals surface area contributed by atoms with Crippen molar-refractivity contribution in [3.63, 3.8) is 0 Å². The molecule has 0 aromatic carbocycles. The van der Waals surface area contributed by atoms with Crippen LogP contribution in [0.2, 0.25) is 0 Å². The van der Waals surface area contributed by atoms with Gasteiger partial charge in [0.15, 0.2) is 0 Å². The first-order chi connectivity index (χ1) is 9.55. The first-order valence-corrected chi connectivity index (χ1v) is 7.24. The van der Waals surface area contributed by atoms with Gasteiger partial charge in [0.1, 0.15) is 0 Å². The summed E-state index contributed by atoms with van der Waals surface area (Å²) >= 11 is 0. The van der Waals surface area contributed by atoms with Crippen LogP contribution in [0.4, 0.5) is 17.8 Å². The van der Waals surface area contributed by atoms with Gasteiger partial charge >= 0.3 is 0 Å². The second-order valence-corrected chi connectivity index (χ2v) is 4.97. The highest BCUT2D eigenvalue weighted by Crippen LogP contribution is 2.16. The topological polar surface area (TPSA) is 83.2 Å². The van der Waals surface area contributed by atoms with Crippen molar-refractivity contribution in [3.05, 3.63) is 0 Å². The lowest BCUT2D eigenvalue weighted by atomic mass is 10.1. The van der Waals surface area contributed by atoms with Crippen molar-refractivity contribution < 1.29 is 0 Å². The van der Waals surface area contributed by atoms with E-state index in [9.17, 15) is 0 Å². The van der Waals surface area contributed by atoms with Gasteiger partial charge in [0.25, 0.3) is 0 Å². The van der Waals surface area contributed by atoms with Crippen LogP contribution >= 0.6 is 0 Å². The summed E-state index contributed by atoms with van der Waals surface area (Å²) in [5.41, 5.74) is 2.52. The zero-order valence-corrected chi connectivity index (χ0v) is 13.2. The largest absolute Gasteiger partial charge is 0.343 e. The Balaban J connectivity index is 3.03. The van der Waals surface area contributed by atoms with Gasteiger partial charge in [0.05, 0.1) is 0 Å². The first kappa shape index (κ1) is 16.4. The molecular weight excluding hydrogens is 254 g/mol. The quantitative estimate of drug-likeness (QED) is 0.551. The number of nitrogens with zero attached hydrogens (tertiary/aromatic N) is 5. The predicted octanol–water partition coefficient (Wildman–Crippen LogP) is 1.49. The Kier molecular flexibility index (Phi) is 6.44. The van der Waals surface area contributed by atoms with Crippen LogP contribution < -0.4 is 21.1 Å². The van der Waals surface area contributed by atoms with Gasteiger partial charge in [0.2, 0.25) is 17.8 Å². The zero-order valence-electron chi connectivity index (χ0n) is 13.2. The molecule has 0 fully saturated rings. The van der Waals surface area contributed by atoms with E-state index in [1.54, 1.807) is 0 Å². The Labute approximate surface area is 121 Å². The molecule has 1 aromatic rings. The van der Waals surface area contributed by atoms with Gasteiger partial charge in [-0.15, -0.1) is 0 Å². The smallest absolute Gasteiger partial charge is 0.243 e. The Bertz CT molecular complexity index is 406. The Hall–Kier alpha value is -1.63. The number of nitrogens with one attached hydrogen (secondary N) is 1. The summed E-state index contributed by atoms with van der Waals surface area (Å²) in [5, 5.41) is 0. The number of hydrazine groups is 1. The third kappa shape index (κ3) is 4.19. The molecule has 1 heterocycles. The fourth-order valence-electron chi connectivity index (χ4n) is 1.92. The second kappa shape index (κ2) is 7.84. The SMILES string of the molecule is CCC(C)CN(C)c1nc(NN)nc(N(CC)CC)n1. The van der Waals surface area contributed by atoms with Crippen LogP contribution in [0.25, 0.3) is 0 Å². The molecule has 0 bridgehead atoms. The van der Waals surface area contributed by atoms with Gasteiger partial charge in [-0.3, -0.25) is 5.43 Å². The summed E-state index contributed by atoms with van der Waals surface area (Å²) in [4.78, 5) is 17.3. The molecule has 1 unspecified atom stereocenters. The standard InChI is InChI=1S/C13H27N7/c1-6-10(4)9-19(5)12-15-11(18-14)16-13(17-12)20(7-2)8-3/h10H,6-9,14H2,1-5H3,(H,15,16,17,18). The van der Waals surface area contributed by atoms with Crippen molar-refractivity contribution >= 4 is 17.8 Å². The summed E-state index contributed by atoms with van der Waals surface area (Å²) in [6.07, 6.45) is 1.13. The number of nitrogen functional groups attached to an aromatic ring is 1. The van der Waals surface area contributed by atoms with Crippen LogP contribution in [0.5, 0.6) is 0 Å². The van der Waals surface area contributed by atoms with Gasteiger partial charge in [-0.1, -0.05) is 20.3 Å². The highest BCUT2D eigenvalue weighted by atomic mass is 15.4. The van der Waals surface area contributed by atoms with Crippen molar-refractivity contribution in [2.24, 2.45) is 11.8 Å². The summed E-state index contributed by atoms with van der Waals surface area (Å²) in [7, 11) is 1.99. The molecular formula is C13H27N7. The average Bonchev–Trinajstić information content (AvgIpc) is 2.47. The molecule has 7 nitrogen and oxygen atoms in total. The Morgan fingerprint density at radius 2 is 1.70 bits per heavy atom. The molecule has 0 aliphatic heterocycles. The van der Waals surface area contributed by atoms with Gasteiger partial charge in [0, 0.05) is 26.7 Å². The number of rotatable bonds is 8. The monoisotopic (exact) mass is 281 g/mol. The minimum absolute atomic E-state index is 0.396. The number of hydrogen-bond donors (Lipinski definition) is 2. The maximum absolute atomic E-state index is 5.46. The van der Waals surface area contributed by atoms with E-state index in [1.165, 1.54) is 0 Å². The maximum atomic E-state index is 5.46. The van der Waals surface area contributed by atoms with Crippen molar-refractivity contribution in [2.45, 2.75) is 34.1 Å². The maximum Gasteiger partial charge on any atom is 0.243 e. The van der Waals surface area contributed by atoms with Crippen LogP contribution in [0, 0.1) is 5.92 Å². The van der Waals surface area contributed by atoms with Crippen molar-refractivity contribution in [1.29, 1.82) is 0 Å². The zero-order chi connectivity index (χ0) is 15.1. The van der Waals surface area contributed by atoms with Crippen molar-refractivity contribution in [1.82, 2.24) is 15.0 Å². The third-order valence-electron chi connectivity index (χ3n) is 3.41. The first-order valence-electron chi connectivity index (χ1n) is 7.24. The molecule has 3 N–H and O–H groups in total. The summed E-state index contributed by atoms with van der Waals surface area (Å²) in [6, 6.07) is 0. The molecule has 0 spiro atoms. The summed E-state index contributed by atoms with van der Waals surface area (Å²) in [6.45, 7) is 11.1. The molecule has 0 saturated carbocycles. The second-order valence-electron chi connectivity index (χ2n) is 4.97. The average molecular weight is 281 g/mol. The van der Waals surface area contributed by atoms with E-state index in [-0.39, 0.29) is 0 Å². The molecule has 0 amide bonds. The molecule has 1 rings (SSSR count). The van der Waals surface area contributed by atoms with Crippen LogP contribution in [-0.2, 0) is 0 Å². The van der Waals surface area contributed by atoms with E-state index in [1.807, 2.05) is 11.9 Å². The van der Waals surface area contributed by atoms with Gasteiger partial charge < -0.3 is 9.80 Å². The van der Waals surface area contributed by atoms with Gasteiger partial charge in [-0.2, -0.15) is 15.0 Å².